The summed E-state index contributed by atoms with van der Waals surface area (Å²) in [5, 5.41) is 14.2. The zero-order chi connectivity index (χ0) is 6.95. The Morgan fingerprint density at radius 1 is 0.667 bits per heavy atom. The first kappa shape index (κ1) is 8.92. The molecule has 0 heterocycles. The zero-order valence-electron chi connectivity index (χ0n) is 5.84. The summed E-state index contributed by atoms with van der Waals surface area (Å²) in [6.07, 6.45) is 9.00. The van der Waals surface area contributed by atoms with Crippen LogP contribution in [0.5, 0.6) is 0 Å². The van der Waals surface area contributed by atoms with Crippen LogP contribution >= 0.6 is 0 Å². The highest BCUT2D eigenvalue weighted by Gasteiger charge is 1.95. The first-order chi connectivity index (χ1) is 4.41. The largest absolute Gasteiger partial charge is 0.371 e. The lowest BCUT2D eigenvalue weighted by atomic mass is 10.0. The molecule has 0 bridgehead atoms. The van der Waals surface area contributed by atoms with Crippen molar-refractivity contribution in [2.24, 2.45) is 0 Å². The lowest BCUT2D eigenvalue weighted by Gasteiger charge is -2.05. The van der Waals surface area contributed by atoms with Crippen molar-refractivity contribution in [3.05, 3.63) is 0 Å². The van der Waals surface area contributed by atoms with Crippen molar-refractivity contribution in [3.63, 3.8) is 0 Å². The molecule has 0 radical (unpaired) electrons. The lowest BCUT2D eigenvalue weighted by molar-refractivity contribution is 0.0773. The monoisotopic (exact) mass is 132 g/mol. The van der Waals surface area contributed by atoms with Crippen LogP contribution in [0.3, 0.4) is 0 Å². The zero-order valence-corrected chi connectivity index (χ0v) is 5.84. The van der Waals surface area contributed by atoms with Crippen LogP contribution in [-0.2, 0) is 0 Å². The third kappa shape index (κ3) is 7.92. The predicted octanol–water partition coefficient (Wildman–Crippen LogP) is 1.27. The van der Waals surface area contributed by atoms with E-state index in [9.17, 15) is 0 Å². The Labute approximate surface area is 56.5 Å². The van der Waals surface area contributed by atoms with E-state index in [-0.39, 0.29) is 0 Å². The van der Waals surface area contributed by atoms with Crippen molar-refractivity contribution in [2.75, 3.05) is 6.79 Å². The predicted molar refractivity (Wildman–Crippen MR) is 37.0 cm³/mol. The van der Waals surface area contributed by atoms with Gasteiger partial charge in [-0.25, -0.2) is 0 Å². The van der Waals surface area contributed by atoms with Gasteiger partial charge in [-0.1, -0.05) is 38.5 Å². The van der Waals surface area contributed by atoms with E-state index < -0.39 is 6.79 Å². The number of hydrogen-bond donors (Lipinski definition) is 2. The highest BCUT2D eigenvalue weighted by atomic mass is 16.5. The fraction of sp³-hybridized carbons (Fsp3) is 1.00. The highest BCUT2D eigenvalue weighted by Crippen LogP contribution is 2.15. The molecular weight excluding hydrogens is 116 g/mol. The van der Waals surface area contributed by atoms with Gasteiger partial charge in [-0.05, 0) is 0 Å². The van der Waals surface area contributed by atoms with Gasteiger partial charge < -0.3 is 10.2 Å². The minimum atomic E-state index is -0.750. The molecule has 0 unspecified atom stereocenters. The maximum atomic E-state index is 7.12. The Morgan fingerprint density at radius 2 is 0.778 bits per heavy atom. The van der Waals surface area contributed by atoms with Gasteiger partial charge in [0.2, 0.25) is 0 Å². The number of aliphatic hydroxyl groups is 2. The van der Waals surface area contributed by atoms with Crippen LogP contribution in [0.4, 0.5) is 0 Å². The Balaban J connectivity index is 0.000000187. The molecule has 0 saturated heterocycles. The Hall–Kier alpha value is -0.0800. The minimum absolute atomic E-state index is 0.750. The topological polar surface area (TPSA) is 40.5 Å². The first-order valence-electron chi connectivity index (χ1n) is 3.63. The second-order valence-corrected chi connectivity index (χ2v) is 2.26. The van der Waals surface area contributed by atoms with Crippen molar-refractivity contribution >= 4 is 0 Å². The third-order valence-electron chi connectivity index (χ3n) is 1.50. The minimum Gasteiger partial charge on any atom is -0.371 e. The number of aliphatic hydroxyl groups excluding tert-OH is 1. The van der Waals surface area contributed by atoms with Gasteiger partial charge in [0.05, 0.1) is 0 Å². The van der Waals surface area contributed by atoms with Crippen LogP contribution in [0, 0.1) is 0 Å². The van der Waals surface area contributed by atoms with Crippen molar-refractivity contribution in [2.45, 2.75) is 38.5 Å². The van der Waals surface area contributed by atoms with Crippen LogP contribution in [-0.4, -0.2) is 17.0 Å². The molecule has 0 aromatic rings. The molecule has 0 spiro atoms. The van der Waals surface area contributed by atoms with Gasteiger partial charge in [-0.15, -0.1) is 0 Å². The quantitative estimate of drug-likeness (QED) is 0.487. The summed E-state index contributed by atoms with van der Waals surface area (Å²) < 4.78 is 0. The van der Waals surface area contributed by atoms with Gasteiger partial charge in [-0.3, -0.25) is 0 Å². The molecule has 2 nitrogen and oxygen atoms in total. The molecule has 0 amide bonds. The van der Waals surface area contributed by atoms with Crippen LogP contribution in [0.25, 0.3) is 0 Å². The van der Waals surface area contributed by atoms with Crippen LogP contribution in [0.1, 0.15) is 38.5 Å². The second-order valence-electron chi connectivity index (χ2n) is 2.26. The summed E-state index contributed by atoms with van der Waals surface area (Å²) in [4.78, 5) is 0. The van der Waals surface area contributed by atoms with Gasteiger partial charge in [0, 0.05) is 0 Å². The molecule has 0 aromatic carbocycles. The summed E-state index contributed by atoms with van der Waals surface area (Å²) in [5.74, 6) is 0. The van der Waals surface area contributed by atoms with E-state index in [1.165, 1.54) is 38.5 Å². The first-order valence-corrected chi connectivity index (χ1v) is 3.63. The molecule has 1 fully saturated rings. The van der Waals surface area contributed by atoms with Crippen molar-refractivity contribution in [3.8, 4) is 0 Å². The van der Waals surface area contributed by atoms with E-state index >= 15 is 0 Å². The number of rotatable bonds is 0. The molecule has 2 heteroatoms. The Bertz CT molecular complexity index is 30.7. The maximum absolute atomic E-state index is 7.12. The van der Waals surface area contributed by atoms with Crippen LogP contribution in [0.15, 0.2) is 0 Å². The maximum Gasteiger partial charge on any atom is 0.140 e. The molecule has 0 aliphatic heterocycles. The van der Waals surface area contributed by atoms with Crippen molar-refractivity contribution in [1.82, 2.24) is 0 Å². The van der Waals surface area contributed by atoms with Gasteiger partial charge >= 0.3 is 0 Å². The molecule has 1 aliphatic carbocycles. The fourth-order valence-corrected chi connectivity index (χ4v) is 1.06. The van der Waals surface area contributed by atoms with Gasteiger partial charge in [-0.2, -0.15) is 0 Å². The van der Waals surface area contributed by atoms with E-state index in [0.29, 0.717) is 0 Å². The highest BCUT2D eigenvalue weighted by molar-refractivity contribution is 4.51. The molecule has 1 saturated carbocycles. The summed E-state index contributed by atoms with van der Waals surface area (Å²) in [5.41, 5.74) is 0. The fourth-order valence-electron chi connectivity index (χ4n) is 1.06. The standard InChI is InChI=1S/C6H12.CH4O2/c1-2-4-6-5-3-1;2-1-3/h1-6H2;2-3H,1H2. The molecule has 56 valence electrons. The molecule has 9 heavy (non-hydrogen) atoms. The van der Waals surface area contributed by atoms with E-state index in [1.54, 1.807) is 0 Å². The van der Waals surface area contributed by atoms with E-state index in [4.69, 9.17) is 10.2 Å². The molecule has 1 rings (SSSR count). The summed E-state index contributed by atoms with van der Waals surface area (Å²) in [6, 6.07) is 0. The third-order valence-corrected chi connectivity index (χ3v) is 1.50. The summed E-state index contributed by atoms with van der Waals surface area (Å²) >= 11 is 0. The van der Waals surface area contributed by atoms with E-state index in [2.05, 4.69) is 0 Å². The smallest absolute Gasteiger partial charge is 0.140 e. The molecule has 0 aromatic heterocycles. The molecular formula is C7H16O2. The summed E-state index contributed by atoms with van der Waals surface area (Å²) in [7, 11) is 0. The Morgan fingerprint density at radius 3 is 0.889 bits per heavy atom. The lowest BCUT2D eigenvalue weighted by Crippen LogP contribution is -1.85. The number of hydrogen-bond acceptors (Lipinski definition) is 2. The van der Waals surface area contributed by atoms with Crippen molar-refractivity contribution in [1.29, 1.82) is 0 Å². The van der Waals surface area contributed by atoms with Crippen molar-refractivity contribution < 1.29 is 10.2 Å². The van der Waals surface area contributed by atoms with Crippen LogP contribution < -0.4 is 0 Å². The SMILES string of the molecule is C1CCCCC1.OCO. The van der Waals surface area contributed by atoms with Crippen LogP contribution in [0.2, 0.25) is 0 Å². The van der Waals surface area contributed by atoms with E-state index in [1.807, 2.05) is 0 Å². The van der Waals surface area contributed by atoms with Gasteiger partial charge in [0.25, 0.3) is 0 Å². The average Bonchev–Trinajstić information content (AvgIpc) is 1.93. The molecule has 2 N–H and O–H groups in total. The normalized spacial score (nSPS) is 18.0. The molecule has 1 aliphatic rings. The van der Waals surface area contributed by atoms with Gasteiger partial charge in [0.15, 0.2) is 0 Å². The average molecular weight is 132 g/mol. The van der Waals surface area contributed by atoms with E-state index in [0.717, 1.165) is 0 Å². The second kappa shape index (κ2) is 7.92. The molecule has 0 atom stereocenters. The summed E-state index contributed by atoms with van der Waals surface area (Å²) in [6.45, 7) is -0.750. The Kier molecular flexibility index (Phi) is 7.85. The van der Waals surface area contributed by atoms with Gasteiger partial charge in [0.1, 0.15) is 6.79 Å².